The monoisotopic (exact) mass is 200 g/mol. The third kappa shape index (κ3) is 2.18. The summed E-state index contributed by atoms with van der Waals surface area (Å²) in [6.45, 7) is 1.91. The number of sulfone groups is 1. The van der Waals surface area contributed by atoms with Crippen LogP contribution in [-0.2, 0) is 16.3 Å². The summed E-state index contributed by atoms with van der Waals surface area (Å²) >= 11 is 0. The van der Waals surface area contributed by atoms with Crippen molar-refractivity contribution in [3.05, 3.63) is 17.8 Å². The van der Waals surface area contributed by atoms with E-state index < -0.39 is 9.84 Å². The summed E-state index contributed by atoms with van der Waals surface area (Å²) in [5.74, 6) is 0. The van der Waals surface area contributed by atoms with Crippen LogP contribution in [0.2, 0.25) is 0 Å². The van der Waals surface area contributed by atoms with Gasteiger partial charge in [-0.3, -0.25) is 0 Å². The van der Waals surface area contributed by atoms with Gasteiger partial charge in [0.2, 0.25) is 0 Å². The fourth-order valence-corrected chi connectivity index (χ4v) is 1.76. The van der Waals surface area contributed by atoms with Crippen LogP contribution in [0.5, 0.6) is 0 Å². The van der Waals surface area contributed by atoms with Gasteiger partial charge in [0.15, 0.2) is 14.9 Å². The van der Waals surface area contributed by atoms with Gasteiger partial charge in [-0.25, -0.2) is 13.4 Å². The van der Waals surface area contributed by atoms with E-state index >= 15 is 0 Å². The van der Waals surface area contributed by atoms with Crippen molar-refractivity contribution in [2.75, 3.05) is 12.0 Å². The Hall–Kier alpha value is -1.10. The number of nitrogen functional groups attached to an aromatic ring is 1. The van der Waals surface area contributed by atoms with Crippen molar-refractivity contribution in [3.8, 4) is 0 Å². The number of rotatable bonds is 2. The highest BCUT2D eigenvalue weighted by atomic mass is 32.2. The second-order valence-corrected chi connectivity index (χ2v) is 4.75. The molecule has 0 atom stereocenters. The second kappa shape index (κ2) is 3.33. The Bertz CT molecular complexity index is 412. The van der Waals surface area contributed by atoms with Gasteiger partial charge in [-0.15, -0.1) is 0 Å². The maximum atomic E-state index is 11.2. The van der Waals surface area contributed by atoms with E-state index in [1.807, 2.05) is 6.92 Å². The molecule has 0 saturated carbocycles. The molecule has 5 heteroatoms. The molecule has 0 radical (unpaired) electrons. The largest absolute Gasteiger partial charge is 0.396 e. The molecule has 4 nitrogen and oxygen atoms in total. The summed E-state index contributed by atoms with van der Waals surface area (Å²) < 4.78 is 22.4. The number of pyridine rings is 1. The van der Waals surface area contributed by atoms with Crippen LogP contribution < -0.4 is 5.73 Å². The van der Waals surface area contributed by atoms with Crippen molar-refractivity contribution >= 4 is 15.5 Å². The van der Waals surface area contributed by atoms with Gasteiger partial charge in [0, 0.05) is 11.9 Å². The van der Waals surface area contributed by atoms with Gasteiger partial charge in [-0.2, -0.15) is 0 Å². The maximum absolute atomic E-state index is 11.2. The topological polar surface area (TPSA) is 73.1 Å². The summed E-state index contributed by atoms with van der Waals surface area (Å²) in [5, 5.41) is -0.0214. The van der Waals surface area contributed by atoms with E-state index in [4.69, 9.17) is 5.73 Å². The average Bonchev–Trinajstić information content (AvgIpc) is 2.03. The number of aryl methyl sites for hydroxylation is 1. The number of aromatic nitrogens is 1. The van der Waals surface area contributed by atoms with E-state index in [0.29, 0.717) is 6.42 Å². The maximum Gasteiger partial charge on any atom is 0.194 e. The number of hydrogen-bond acceptors (Lipinski definition) is 4. The summed E-state index contributed by atoms with van der Waals surface area (Å²) in [5.41, 5.74) is 6.43. The Morgan fingerprint density at radius 2 is 2.08 bits per heavy atom. The lowest BCUT2D eigenvalue weighted by Gasteiger charge is -2.03. The first kappa shape index (κ1) is 9.98. The average molecular weight is 200 g/mol. The van der Waals surface area contributed by atoms with Gasteiger partial charge in [-0.1, -0.05) is 6.92 Å². The minimum Gasteiger partial charge on any atom is -0.396 e. The zero-order valence-electron chi connectivity index (χ0n) is 7.61. The molecule has 1 rings (SSSR count). The molecule has 0 amide bonds. The smallest absolute Gasteiger partial charge is 0.194 e. The first-order valence-corrected chi connectivity index (χ1v) is 5.79. The fraction of sp³-hybridized carbons (Fsp3) is 0.375. The molecule has 0 fully saturated rings. The molecule has 0 saturated heterocycles. The third-order valence-corrected chi connectivity index (χ3v) is 2.69. The zero-order valence-corrected chi connectivity index (χ0v) is 8.43. The number of anilines is 1. The van der Waals surface area contributed by atoms with E-state index in [1.54, 1.807) is 12.1 Å². The molecule has 0 bridgehead atoms. The van der Waals surface area contributed by atoms with Gasteiger partial charge >= 0.3 is 0 Å². The summed E-state index contributed by atoms with van der Waals surface area (Å²) in [6.07, 6.45) is 1.80. The van der Waals surface area contributed by atoms with Crippen LogP contribution in [0, 0.1) is 0 Å². The standard InChI is InChI=1S/C8H12N2O2S/c1-3-6-4-5-7(9)8(10-6)13(2,11)12/h4-5H,3,9H2,1-2H3. The van der Waals surface area contributed by atoms with E-state index in [1.165, 1.54) is 0 Å². The fourth-order valence-electron chi connectivity index (χ4n) is 0.983. The highest BCUT2D eigenvalue weighted by Crippen LogP contribution is 2.15. The van der Waals surface area contributed by atoms with Crippen LogP contribution in [0.3, 0.4) is 0 Å². The predicted octanol–water partition coefficient (Wildman–Crippen LogP) is 0.630. The molecule has 1 heterocycles. The predicted molar refractivity (Wildman–Crippen MR) is 51.1 cm³/mol. The van der Waals surface area contributed by atoms with E-state index in [-0.39, 0.29) is 10.7 Å². The Morgan fingerprint density at radius 3 is 2.54 bits per heavy atom. The van der Waals surface area contributed by atoms with E-state index in [9.17, 15) is 8.42 Å². The molecular formula is C8H12N2O2S. The Kier molecular flexibility index (Phi) is 2.56. The lowest BCUT2D eigenvalue weighted by Crippen LogP contribution is -2.06. The minimum absolute atomic E-state index is 0.0214. The molecule has 2 N–H and O–H groups in total. The zero-order chi connectivity index (χ0) is 10.1. The van der Waals surface area contributed by atoms with Crippen LogP contribution >= 0.6 is 0 Å². The van der Waals surface area contributed by atoms with Crippen molar-refractivity contribution < 1.29 is 8.42 Å². The van der Waals surface area contributed by atoms with Gasteiger partial charge in [0.1, 0.15) is 0 Å². The van der Waals surface area contributed by atoms with Crippen molar-refractivity contribution in [1.82, 2.24) is 4.98 Å². The number of hydrogen-bond donors (Lipinski definition) is 1. The van der Waals surface area contributed by atoms with Crippen molar-refractivity contribution in [2.24, 2.45) is 0 Å². The SMILES string of the molecule is CCc1ccc(N)c(S(C)(=O)=O)n1. The number of nitrogens with two attached hydrogens (primary N) is 1. The van der Waals surface area contributed by atoms with E-state index in [0.717, 1.165) is 11.9 Å². The lowest BCUT2D eigenvalue weighted by atomic mass is 10.3. The summed E-state index contributed by atoms with van der Waals surface area (Å²) in [6, 6.07) is 3.30. The van der Waals surface area contributed by atoms with Gasteiger partial charge in [0.25, 0.3) is 0 Å². The quantitative estimate of drug-likeness (QED) is 0.760. The highest BCUT2D eigenvalue weighted by Gasteiger charge is 2.13. The third-order valence-electron chi connectivity index (χ3n) is 1.66. The Balaban J connectivity index is 3.36. The van der Waals surface area contributed by atoms with Crippen molar-refractivity contribution in [3.63, 3.8) is 0 Å². The molecule has 13 heavy (non-hydrogen) atoms. The molecule has 0 aromatic carbocycles. The Labute approximate surface area is 77.7 Å². The van der Waals surface area contributed by atoms with Gasteiger partial charge in [-0.05, 0) is 18.6 Å². The van der Waals surface area contributed by atoms with Crippen LogP contribution in [0.4, 0.5) is 5.69 Å². The first-order valence-electron chi connectivity index (χ1n) is 3.90. The first-order chi connectivity index (χ1) is 5.95. The normalized spacial score (nSPS) is 11.5. The van der Waals surface area contributed by atoms with Crippen molar-refractivity contribution in [2.45, 2.75) is 18.4 Å². The molecule has 0 aliphatic rings. The second-order valence-electron chi connectivity index (χ2n) is 2.82. The molecule has 1 aromatic rings. The van der Waals surface area contributed by atoms with Crippen LogP contribution in [-0.4, -0.2) is 19.7 Å². The molecule has 0 spiro atoms. The van der Waals surface area contributed by atoms with Crippen LogP contribution in [0.15, 0.2) is 17.2 Å². The molecule has 0 unspecified atom stereocenters. The molecule has 1 aromatic heterocycles. The lowest BCUT2D eigenvalue weighted by molar-refractivity contribution is 0.598. The van der Waals surface area contributed by atoms with Crippen LogP contribution in [0.25, 0.3) is 0 Å². The number of nitrogens with zero attached hydrogens (tertiary/aromatic N) is 1. The summed E-state index contributed by atoms with van der Waals surface area (Å²) in [7, 11) is -3.30. The van der Waals surface area contributed by atoms with Crippen molar-refractivity contribution in [1.29, 1.82) is 0 Å². The molecular weight excluding hydrogens is 188 g/mol. The Morgan fingerprint density at radius 1 is 1.46 bits per heavy atom. The van der Waals surface area contributed by atoms with E-state index in [2.05, 4.69) is 4.98 Å². The minimum atomic E-state index is -3.30. The van der Waals surface area contributed by atoms with Gasteiger partial charge < -0.3 is 5.73 Å². The molecule has 0 aliphatic heterocycles. The van der Waals surface area contributed by atoms with Gasteiger partial charge in [0.05, 0.1) is 5.69 Å². The molecule has 72 valence electrons. The molecule has 0 aliphatic carbocycles. The van der Waals surface area contributed by atoms with Crippen LogP contribution in [0.1, 0.15) is 12.6 Å². The summed E-state index contributed by atoms with van der Waals surface area (Å²) in [4.78, 5) is 3.95. The highest BCUT2D eigenvalue weighted by molar-refractivity contribution is 7.90.